The average molecular weight is 294 g/mol. The van der Waals surface area contributed by atoms with Crippen molar-refractivity contribution in [2.24, 2.45) is 0 Å². The van der Waals surface area contributed by atoms with Gasteiger partial charge < -0.3 is 14.9 Å². The number of ether oxygens (including phenoxy) is 1. The van der Waals surface area contributed by atoms with Crippen LogP contribution in [0.2, 0.25) is 0 Å². The smallest absolute Gasteiger partial charge is 0.206 e. The van der Waals surface area contributed by atoms with E-state index < -0.39 is 17.5 Å². The van der Waals surface area contributed by atoms with Gasteiger partial charge in [0.25, 0.3) is 0 Å². The maximum absolute atomic E-state index is 12.9. The molecule has 0 spiro atoms. The number of carbonyl (C=O) groups excluding carboxylic acids is 1. The van der Waals surface area contributed by atoms with Crippen molar-refractivity contribution in [2.75, 3.05) is 0 Å². The second-order valence-electron chi connectivity index (χ2n) is 5.55. The fraction of sp³-hybridized carbons (Fsp3) is 0.167. The molecular weight excluding hydrogens is 280 g/mol. The van der Waals surface area contributed by atoms with Crippen LogP contribution in [-0.4, -0.2) is 22.1 Å². The second-order valence-corrected chi connectivity index (χ2v) is 5.55. The fourth-order valence-electron chi connectivity index (χ4n) is 3.19. The Kier molecular flexibility index (Phi) is 2.73. The summed E-state index contributed by atoms with van der Waals surface area (Å²) in [6, 6.07) is 15.9. The van der Waals surface area contributed by atoms with Gasteiger partial charge in [-0.25, -0.2) is 0 Å². The molecule has 1 aliphatic carbocycles. The Morgan fingerprint density at radius 3 is 2.50 bits per heavy atom. The predicted molar refractivity (Wildman–Crippen MR) is 79.5 cm³/mol. The first-order chi connectivity index (χ1) is 10.6. The summed E-state index contributed by atoms with van der Waals surface area (Å²) in [6.07, 6.45) is -1.40. The Bertz CT molecular complexity index is 794. The Morgan fingerprint density at radius 2 is 1.73 bits per heavy atom. The molecule has 0 radical (unpaired) electrons. The fourth-order valence-corrected chi connectivity index (χ4v) is 3.19. The van der Waals surface area contributed by atoms with E-state index in [0.29, 0.717) is 5.56 Å². The monoisotopic (exact) mass is 294 g/mol. The van der Waals surface area contributed by atoms with Gasteiger partial charge in [-0.1, -0.05) is 54.6 Å². The topological polar surface area (TPSA) is 66.8 Å². The van der Waals surface area contributed by atoms with Gasteiger partial charge in [0.1, 0.15) is 12.4 Å². The lowest BCUT2D eigenvalue weighted by Gasteiger charge is -2.26. The first-order valence-electron chi connectivity index (χ1n) is 7.10. The van der Waals surface area contributed by atoms with Gasteiger partial charge in [0.05, 0.1) is 5.57 Å². The molecule has 0 saturated heterocycles. The molecule has 4 nitrogen and oxygen atoms in total. The van der Waals surface area contributed by atoms with E-state index in [0.717, 1.165) is 11.1 Å². The van der Waals surface area contributed by atoms with Gasteiger partial charge in [0, 0.05) is 0 Å². The Balaban J connectivity index is 1.90. The van der Waals surface area contributed by atoms with E-state index >= 15 is 0 Å². The zero-order chi connectivity index (χ0) is 15.3. The highest BCUT2D eigenvalue weighted by Gasteiger charge is 2.56. The first-order valence-corrected chi connectivity index (χ1v) is 7.10. The summed E-state index contributed by atoms with van der Waals surface area (Å²) >= 11 is 0. The highest BCUT2D eigenvalue weighted by Crippen LogP contribution is 2.47. The van der Waals surface area contributed by atoms with Crippen LogP contribution in [-0.2, 0) is 21.7 Å². The number of rotatable bonds is 1. The van der Waals surface area contributed by atoms with Gasteiger partial charge >= 0.3 is 0 Å². The van der Waals surface area contributed by atoms with Crippen molar-refractivity contribution in [1.29, 1.82) is 0 Å². The number of ketones is 1. The molecule has 0 aromatic heterocycles. The number of aliphatic hydroxyl groups is 2. The molecule has 2 aliphatic rings. The summed E-state index contributed by atoms with van der Waals surface area (Å²) in [5, 5.41) is 21.5. The van der Waals surface area contributed by atoms with Crippen LogP contribution in [0, 0.1) is 0 Å². The van der Waals surface area contributed by atoms with Crippen LogP contribution in [0.3, 0.4) is 0 Å². The van der Waals surface area contributed by atoms with Crippen LogP contribution in [0.15, 0.2) is 60.4 Å². The third-order valence-corrected chi connectivity index (χ3v) is 4.35. The molecule has 4 rings (SSSR count). The number of aliphatic hydroxyl groups excluding tert-OH is 1. The van der Waals surface area contributed by atoms with Crippen LogP contribution in [0.4, 0.5) is 0 Å². The molecule has 1 aliphatic heterocycles. The normalized spacial score (nSPS) is 26.5. The first kappa shape index (κ1) is 13.2. The lowest BCUT2D eigenvalue weighted by Crippen LogP contribution is -2.42. The largest absolute Gasteiger partial charge is 0.490 e. The van der Waals surface area contributed by atoms with Gasteiger partial charge in [-0.2, -0.15) is 0 Å². The van der Waals surface area contributed by atoms with Crippen molar-refractivity contribution < 1.29 is 19.7 Å². The van der Waals surface area contributed by atoms with E-state index in [1.807, 2.05) is 24.3 Å². The zero-order valence-electron chi connectivity index (χ0n) is 11.7. The van der Waals surface area contributed by atoms with Gasteiger partial charge in [-0.05, 0) is 16.7 Å². The Hall–Kier alpha value is -2.43. The number of benzene rings is 2. The number of fused-ring (bicyclic) bond motifs is 2. The quantitative estimate of drug-likeness (QED) is 0.841. The number of hydrogen-bond donors (Lipinski definition) is 2. The van der Waals surface area contributed by atoms with E-state index in [9.17, 15) is 15.0 Å². The molecular formula is C18H14O4. The van der Waals surface area contributed by atoms with Crippen molar-refractivity contribution in [1.82, 2.24) is 0 Å². The molecule has 2 N–H and O–H groups in total. The average Bonchev–Trinajstić information content (AvgIpc) is 2.78. The molecule has 110 valence electrons. The van der Waals surface area contributed by atoms with Crippen LogP contribution < -0.4 is 0 Å². The lowest BCUT2D eigenvalue weighted by atomic mass is 9.86. The standard InChI is InChI=1S/C18H14O4/c19-16-14-13-9-5-4-6-11(13)10-22-15(14)17(20)18(16,21)12-7-2-1-3-8-12/h1-9,17,20-21H,10H2. The number of hydrogen-bond acceptors (Lipinski definition) is 4. The highest BCUT2D eigenvalue weighted by atomic mass is 16.5. The van der Waals surface area contributed by atoms with E-state index in [1.54, 1.807) is 30.3 Å². The summed E-state index contributed by atoms with van der Waals surface area (Å²) in [5.41, 5.74) is 0.242. The molecule has 0 saturated carbocycles. The minimum Gasteiger partial charge on any atom is -0.490 e. The maximum atomic E-state index is 12.9. The minimum atomic E-state index is -2.00. The van der Waals surface area contributed by atoms with Crippen LogP contribution in [0.25, 0.3) is 5.57 Å². The summed E-state index contributed by atoms with van der Waals surface area (Å²) in [4.78, 5) is 12.9. The van der Waals surface area contributed by atoms with E-state index in [4.69, 9.17) is 4.74 Å². The van der Waals surface area contributed by atoms with Crippen LogP contribution >= 0.6 is 0 Å². The minimum absolute atomic E-state index is 0.162. The molecule has 2 aromatic rings. The summed E-state index contributed by atoms with van der Waals surface area (Å²) in [5.74, 6) is -0.358. The van der Waals surface area contributed by atoms with E-state index in [-0.39, 0.29) is 17.9 Å². The maximum Gasteiger partial charge on any atom is 0.206 e. The predicted octanol–water partition coefficient (Wildman–Crippen LogP) is 1.76. The summed E-state index contributed by atoms with van der Waals surface area (Å²) in [7, 11) is 0. The van der Waals surface area contributed by atoms with Crippen LogP contribution in [0.5, 0.6) is 0 Å². The molecule has 1 heterocycles. The van der Waals surface area contributed by atoms with Gasteiger partial charge in [-0.3, -0.25) is 4.79 Å². The molecule has 0 amide bonds. The molecule has 2 atom stereocenters. The van der Waals surface area contributed by atoms with Crippen molar-refractivity contribution >= 4 is 11.4 Å². The van der Waals surface area contributed by atoms with Gasteiger partial charge in [0.15, 0.2) is 11.7 Å². The van der Waals surface area contributed by atoms with Crippen molar-refractivity contribution in [2.45, 2.75) is 18.3 Å². The van der Waals surface area contributed by atoms with E-state index in [2.05, 4.69) is 0 Å². The Labute approximate surface area is 127 Å². The second kappa shape index (κ2) is 4.53. The number of carbonyl (C=O) groups is 1. The molecule has 2 aromatic carbocycles. The van der Waals surface area contributed by atoms with Crippen LogP contribution in [0.1, 0.15) is 16.7 Å². The third kappa shape index (κ3) is 1.56. The molecule has 0 fully saturated rings. The number of Topliss-reactive ketones (excluding diaryl/α,β-unsaturated/α-hetero) is 1. The molecule has 22 heavy (non-hydrogen) atoms. The third-order valence-electron chi connectivity index (χ3n) is 4.35. The van der Waals surface area contributed by atoms with Crippen molar-refractivity contribution in [3.8, 4) is 0 Å². The van der Waals surface area contributed by atoms with Gasteiger partial charge in [0.2, 0.25) is 5.78 Å². The summed E-state index contributed by atoms with van der Waals surface area (Å²) < 4.78 is 5.58. The van der Waals surface area contributed by atoms with Crippen molar-refractivity contribution in [3.63, 3.8) is 0 Å². The lowest BCUT2D eigenvalue weighted by molar-refractivity contribution is -0.141. The highest BCUT2D eigenvalue weighted by molar-refractivity contribution is 6.28. The summed E-state index contributed by atoms with van der Waals surface area (Å²) in [6.45, 7) is 0.282. The Morgan fingerprint density at radius 1 is 1.05 bits per heavy atom. The zero-order valence-corrected chi connectivity index (χ0v) is 11.7. The molecule has 4 heteroatoms. The molecule has 2 unspecified atom stereocenters. The molecule has 0 bridgehead atoms. The van der Waals surface area contributed by atoms with E-state index in [1.165, 1.54) is 0 Å². The van der Waals surface area contributed by atoms with Crippen molar-refractivity contribution in [3.05, 3.63) is 77.0 Å². The SMILES string of the molecule is O=C1C2=C(OCc3ccccc32)C(O)C1(O)c1ccccc1. The van der Waals surface area contributed by atoms with Gasteiger partial charge in [-0.15, -0.1) is 0 Å².